The average Bonchev–Trinajstić information content (AvgIpc) is 3.38. The number of halogens is 8. The van der Waals surface area contributed by atoms with Crippen molar-refractivity contribution in [1.29, 1.82) is 0 Å². The van der Waals surface area contributed by atoms with Gasteiger partial charge in [-0.2, -0.15) is 0 Å². The minimum atomic E-state index is -1.44. The number of hydrogen-bond donors (Lipinski definition) is 2. The van der Waals surface area contributed by atoms with E-state index in [9.17, 15) is 22.8 Å². The predicted molar refractivity (Wildman–Crippen MR) is 142 cm³/mol. The summed E-state index contributed by atoms with van der Waals surface area (Å²) in [6.45, 7) is 2.94. The van der Waals surface area contributed by atoms with Gasteiger partial charge in [-0.15, -0.1) is 23.2 Å². The summed E-state index contributed by atoms with van der Waals surface area (Å²) in [5.41, 5.74) is -0.324. The molecular formula is C25H14Cl5F3N2O2. The fraction of sp³-hybridized carbons (Fsp3) is 0.120. The van der Waals surface area contributed by atoms with E-state index in [1.54, 1.807) is 12.1 Å². The van der Waals surface area contributed by atoms with Crippen molar-refractivity contribution in [3.63, 3.8) is 0 Å². The molecule has 1 aliphatic carbocycles. The normalized spacial score (nSPS) is 17.7. The maximum absolute atomic E-state index is 13.8. The van der Waals surface area contributed by atoms with Crippen LogP contribution in [0, 0.1) is 17.6 Å². The Morgan fingerprint density at radius 1 is 0.865 bits per heavy atom. The number of carbonyl (C=O) groups is 2. The van der Waals surface area contributed by atoms with E-state index in [2.05, 4.69) is 17.2 Å². The van der Waals surface area contributed by atoms with E-state index in [4.69, 9.17) is 58.0 Å². The number of carbonyl (C=O) groups excluding carboxylic acids is 2. The summed E-state index contributed by atoms with van der Waals surface area (Å²) in [7, 11) is 0. The topological polar surface area (TPSA) is 58.2 Å². The molecule has 192 valence electrons. The maximum Gasteiger partial charge on any atom is 0.257 e. The molecule has 4 rings (SSSR count). The number of nitrogens with one attached hydrogen (secondary N) is 2. The van der Waals surface area contributed by atoms with Crippen LogP contribution in [0.2, 0.25) is 15.1 Å². The zero-order chi connectivity index (χ0) is 27.2. The summed E-state index contributed by atoms with van der Waals surface area (Å²) in [4.78, 5) is 25.8. The van der Waals surface area contributed by atoms with Crippen molar-refractivity contribution in [3.8, 4) is 0 Å². The molecule has 0 unspecified atom stereocenters. The van der Waals surface area contributed by atoms with Gasteiger partial charge in [0.1, 0.15) is 10.2 Å². The molecule has 0 radical (unpaired) electrons. The van der Waals surface area contributed by atoms with Crippen molar-refractivity contribution >= 4 is 87.0 Å². The van der Waals surface area contributed by atoms with E-state index < -0.39 is 51.0 Å². The molecule has 12 heteroatoms. The van der Waals surface area contributed by atoms with Crippen LogP contribution < -0.4 is 10.6 Å². The largest absolute Gasteiger partial charge is 0.326 e. The molecular weight excluding hydrogens is 595 g/mol. The zero-order valence-corrected chi connectivity index (χ0v) is 22.1. The molecule has 1 aliphatic rings. The third-order valence-electron chi connectivity index (χ3n) is 5.64. The fourth-order valence-corrected chi connectivity index (χ4v) is 5.45. The van der Waals surface area contributed by atoms with Crippen LogP contribution in [0.25, 0.3) is 5.83 Å². The first-order chi connectivity index (χ1) is 17.3. The average molecular weight is 609 g/mol. The van der Waals surface area contributed by atoms with E-state index in [1.165, 1.54) is 24.3 Å². The zero-order valence-electron chi connectivity index (χ0n) is 18.3. The van der Waals surface area contributed by atoms with Crippen LogP contribution in [0.5, 0.6) is 0 Å². The first-order valence-corrected chi connectivity index (χ1v) is 12.3. The van der Waals surface area contributed by atoms with E-state index in [1.807, 2.05) is 0 Å². The van der Waals surface area contributed by atoms with Crippen LogP contribution in [-0.2, 0) is 4.79 Å². The summed E-state index contributed by atoms with van der Waals surface area (Å²) in [6.07, 6.45) is 0. The lowest BCUT2D eigenvalue weighted by Crippen LogP contribution is -2.18. The van der Waals surface area contributed by atoms with E-state index >= 15 is 0 Å². The third kappa shape index (κ3) is 5.71. The van der Waals surface area contributed by atoms with Crippen LogP contribution in [-0.4, -0.2) is 16.1 Å². The molecule has 0 bridgehead atoms. The van der Waals surface area contributed by atoms with Gasteiger partial charge in [0.25, 0.3) is 5.91 Å². The van der Waals surface area contributed by atoms with Crippen molar-refractivity contribution in [3.05, 3.63) is 98.5 Å². The highest BCUT2D eigenvalue weighted by molar-refractivity contribution is 6.53. The van der Waals surface area contributed by atoms with Crippen LogP contribution in [0.15, 0.2) is 55.1 Å². The first kappa shape index (κ1) is 27.6. The van der Waals surface area contributed by atoms with Gasteiger partial charge in [-0.05, 0) is 48.0 Å². The van der Waals surface area contributed by atoms with Crippen molar-refractivity contribution in [2.45, 2.75) is 10.3 Å². The van der Waals surface area contributed by atoms with E-state index in [-0.39, 0.29) is 22.0 Å². The summed E-state index contributed by atoms with van der Waals surface area (Å²) < 4.78 is 39.6. The molecule has 0 aliphatic heterocycles. The molecule has 0 spiro atoms. The Morgan fingerprint density at radius 2 is 1.49 bits per heavy atom. The van der Waals surface area contributed by atoms with Gasteiger partial charge in [-0.1, -0.05) is 41.4 Å². The highest BCUT2D eigenvalue weighted by Gasteiger charge is 2.67. The Labute approximate surface area is 234 Å². The van der Waals surface area contributed by atoms with Gasteiger partial charge in [0, 0.05) is 33.4 Å². The number of rotatable bonds is 6. The molecule has 0 saturated heterocycles. The quantitative estimate of drug-likeness (QED) is 0.275. The lowest BCUT2D eigenvalue weighted by Gasteiger charge is -2.11. The molecule has 3 aromatic carbocycles. The second kappa shape index (κ2) is 10.4. The number of benzene rings is 3. The first-order valence-electron chi connectivity index (χ1n) is 10.4. The van der Waals surface area contributed by atoms with Crippen LogP contribution in [0.3, 0.4) is 0 Å². The van der Waals surface area contributed by atoms with Gasteiger partial charge >= 0.3 is 0 Å². The lowest BCUT2D eigenvalue weighted by molar-refractivity contribution is -0.117. The maximum atomic E-state index is 13.8. The standard InChI is InChI=1S/C25H14Cl5F3N2O2/c1-10(31)16-8-15(9-19(32)22(16)33)35-23(36)17-7-14(2-3-18(17)28)34-24(37)21-20(25(21,29)30)11-4-12(26)6-13(27)5-11/h2-9,20-21H,1H2,(H,34,37)(H,35,36)/t20-,21+/m0/s1. The Balaban J connectivity index is 1.53. The van der Waals surface area contributed by atoms with Crippen LogP contribution >= 0.6 is 58.0 Å². The van der Waals surface area contributed by atoms with Gasteiger partial charge in [-0.25, -0.2) is 13.2 Å². The van der Waals surface area contributed by atoms with Gasteiger partial charge in [-0.3, -0.25) is 9.59 Å². The number of alkyl halides is 2. The number of anilines is 2. The molecule has 37 heavy (non-hydrogen) atoms. The highest BCUT2D eigenvalue weighted by Crippen LogP contribution is 2.65. The molecule has 1 saturated carbocycles. The molecule has 2 N–H and O–H groups in total. The second-order valence-corrected chi connectivity index (χ2v) is 10.9. The Bertz CT molecular complexity index is 1440. The molecule has 4 nitrogen and oxygen atoms in total. The SMILES string of the molecule is C=C(F)c1cc(NC(=O)c2cc(NC(=O)[C@H]3[C@H](c4cc(Cl)cc(Cl)c4)C3(Cl)Cl)ccc2Cl)cc(F)c1F. The van der Waals surface area contributed by atoms with Crippen molar-refractivity contribution in [2.24, 2.45) is 5.92 Å². The van der Waals surface area contributed by atoms with Gasteiger partial charge in [0.05, 0.1) is 22.1 Å². The molecule has 1 fully saturated rings. The summed E-state index contributed by atoms with van der Waals surface area (Å²) >= 11 is 31.0. The van der Waals surface area contributed by atoms with Gasteiger partial charge < -0.3 is 10.6 Å². The second-order valence-electron chi connectivity index (χ2n) is 8.20. The van der Waals surface area contributed by atoms with Crippen molar-refractivity contribution < 1.29 is 22.8 Å². The monoisotopic (exact) mass is 606 g/mol. The van der Waals surface area contributed by atoms with Crippen molar-refractivity contribution in [2.75, 3.05) is 10.6 Å². The predicted octanol–water partition coefficient (Wildman–Crippen LogP) is 8.64. The smallest absolute Gasteiger partial charge is 0.257 e. The molecule has 0 heterocycles. The number of amides is 2. The van der Waals surface area contributed by atoms with E-state index in [0.717, 1.165) is 6.07 Å². The summed E-state index contributed by atoms with van der Waals surface area (Å²) in [5, 5.41) is 5.65. The highest BCUT2D eigenvalue weighted by atomic mass is 35.5. The molecule has 3 aromatic rings. The molecule has 0 aromatic heterocycles. The molecule has 2 amide bonds. The molecule has 2 atom stereocenters. The van der Waals surface area contributed by atoms with E-state index in [0.29, 0.717) is 21.7 Å². The van der Waals surface area contributed by atoms with Crippen LogP contribution in [0.1, 0.15) is 27.4 Å². The Morgan fingerprint density at radius 3 is 2.11 bits per heavy atom. The lowest BCUT2D eigenvalue weighted by atomic mass is 10.1. The fourth-order valence-electron chi connectivity index (χ4n) is 3.88. The third-order valence-corrected chi connectivity index (χ3v) is 7.34. The van der Waals surface area contributed by atoms with Gasteiger partial charge in [0.2, 0.25) is 5.91 Å². The summed E-state index contributed by atoms with van der Waals surface area (Å²) in [5.74, 6) is -6.85. The minimum Gasteiger partial charge on any atom is -0.326 e. The Kier molecular flexibility index (Phi) is 7.75. The van der Waals surface area contributed by atoms with Crippen LogP contribution in [0.4, 0.5) is 24.5 Å². The summed E-state index contributed by atoms with van der Waals surface area (Å²) in [6, 6.07) is 10.4. The number of hydrogen-bond acceptors (Lipinski definition) is 2. The van der Waals surface area contributed by atoms with Gasteiger partial charge in [0.15, 0.2) is 11.6 Å². The Hall–Kier alpha value is -2.42. The minimum absolute atomic E-state index is 0.00453. The van der Waals surface area contributed by atoms with Crippen molar-refractivity contribution in [1.82, 2.24) is 0 Å².